The number of benzene rings is 1. The zero-order valence-corrected chi connectivity index (χ0v) is 11.1. The zero-order valence-electron chi connectivity index (χ0n) is 11.1. The predicted octanol–water partition coefficient (Wildman–Crippen LogP) is 3.99. The van der Waals surface area contributed by atoms with Gasteiger partial charge in [-0.05, 0) is 50.3 Å². The van der Waals surface area contributed by atoms with Crippen molar-refractivity contribution in [2.45, 2.75) is 46.1 Å². The normalized spacial score (nSPS) is 23.7. The largest absolute Gasteiger partial charge is 0.492 e. The first-order chi connectivity index (χ1) is 8.20. The van der Waals surface area contributed by atoms with E-state index in [4.69, 9.17) is 4.74 Å². The van der Waals surface area contributed by atoms with Gasteiger partial charge in [-0.2, -0.15) is 0 Å². The average Bonchev–Trinajstić information content (AvgIpc) is 2.69. The molecule has 2 unspecified atom stereocenters. The maximum atomic E-state index is 5.70. The number of anilines is 1. The summed E-state index contributed by atoms with van der Waals surface area (Å²) >= 11 is 0. The fourth-order valence-corrected chi connectivity index (χ4v) is 2.58. The molecule has 2 atom stereocenters. The van der Waals surface area contributed by atoms with Crippen LogP contribution in [-0.2, 0) is 0 Å². The second-order valence-electron chi connectivity index (χ2n) is 5.09. The van der Waals surface area contributed by atoms with Crippen molar-refractivity contribution in [3.63, 3.8) is 0 Å². The average molecular weight is 233 g/mol. The highest BCUT2D eigenvalue weighted by Crippen LogP contribution is 2.32. The van der Waals surface area contributed by atoms with Gasteiger partial charge in [-0.3, -0.25) is 0 Å². The van der Waals surface area contributed by atoms with Gasteiger partial charge in [0, 0.05) is 6.04 Å². The van der Waals surface area contributed by atoms with Gasteiger partial charge < -0.3 is 10.1 Å². The minimum atomic E-state index is 0.608. The quantitative estimate of drug-likeness (QED) is 0.849. The van der Waals surface area contributed by atoms with Gasteiger partial charge >= 0.3 is 0 Å². The first-order valence-corrected chi connectivity index (χ1v) is 6.70. The second kappa shape index (κ2) is 5.44. The predicted molar refractivity (Wildman–Crippen MR) is 72.8 cm³/mol. The fourth-order valence-electron chi connectivity index (χ4n) is 2.58. The Morgan fingerprint density at radius 2 is 2.18 bits per heavy atom. The van der Waals surface area contributed by atoms with Crippen molar-refractivity contribution in [2.75, 3.05) is 11.9 Å². The van der Waals surface area contributed by atoms with Gasteiger partial charge in [-0.25, -0.2) is 0 Å². The van der Waals surface area contributed by atoms with Gasteiger partial charge in [-0.15, -0.1) is 0 Å². The summed E-state index contributed by atoms with van der Waals surface area (Å²) in [5, 5.41) is 3.65. The summed E-state index contributed by atoms with van der Waals surface area (Å²) in [4.78, 5) is 0. The molecule has 0 heterocycles. The van der Waals surface area contributed by atoms with Gasteiger partial charge in [0.15, 0.2) is 0 Å². The molecule has 1 aromatic rings. The Kier molecular flexibility index (Phi) is 3.93. The number of ether oxygens (including phenoxy) is 1. The Bertz CT molecular complexity index is 375. The van der Waals surface area contributed by atoms with Crippen molar-refractivity contribution in [1.82, 2.24) is 0 Å². The Labute approximate surface area is 104 Å². The Morgan fingerprint density at radius 3 is 2.82 bits per heavy atom. The van der Waals surface area contributed by atoms with Crippen molar-refractivity contribution in [2.24, 2.45) is 5.92 Å². The number of hydrogen-bond donors (Lipinski definition) is 1. The summed E-state index contributed by atoms with van der Waals surface area (Å²) in [5.41, 5.74) is 2.40. The summed E-state index contributed by atoms with van der Waals surface area (Å²) in [5.74, 6) is 1.76. The number of hydrogen-bond acceptors (Lipinski definition) is 2. The van der Waals surface area contributed by atoms with Gasteiger partial charge in [0.1, 0.15) is 5.75 Å². The van der Waals surface area contributed by atoms with Crippen LogP contribution in [0.3, 0.4) is 0 Å². The molecule has 1 N–H and O–H groups in total. The first kappa shape index (κ1) is 12.3. The van der Waals surface area contributed by atoms with Crippen LogP contribution in [0, 0.1) is 12.8 Å². The molecule has 1 aromatic carbocycles. The van der Waals surface area contributed by atoms with Crippen LogP contribution in [0.25, 0.3) is 0 Å². The van der Waals surface area contributed by atoms with Crippen LogP contribution < -0.4 is 10.1 Å². The van der Waals surface area contributed by atoms with E-state index in [2.05, 4.69) is 37.4 Å². The van der Waals surface area contributed by atoms with Gasteiger partial charge in [0.25, 0.3) is 0 Å². The summed E-state index contributed by atoms with van der Waals surface area (Å²) in [7, 11) is 0. The second-order valence-corrected chi connectivity index (χ2v) is 5.09. The molecule has 0 saturated heterocycles. The third-order valence-corrected chi connectivity index (χ3v) is 3.64. The lowest BCUT2D eigenvalue weighted by molar-refractivity contribution is 0.341. The van der Waals surface area contributed by atoms with E-state index in [1.54, 1.807) is 0 Å². The minimum Gasteiger partial charge on any atom is -0.492 e. The molecule has 0 aliphatic heterocycles. The standard InChI is InChI=1S/C15H23NO/c1-4-17-15-10-11(2)8-9-14(15)16-13-7-5-6-12(13)3/h8-10,12-13,16H,4-7H2,1-3H3. The molecule has 94 valence electrons. The molecule has 0 spiro atoms. The third-order valence-electron chi connectivity index (χ3n) is 3.64. The van der Waals surface area contributed by atoms with Crippen molar-refractivity contribution >= 4 is 5.69 Å². The van der Waals surface area contributed by atoms with Crippen LogP contribution >= 0.6 is 0 Å². The van der Waals surface area contributed by atoms with E-state index >= 15 is 0 Å². The van der Waals surface area contributed by atoms with Crippen molar-refractivity contribution < 1.29 is 4.74 Å². The first-order valence-electron chi connectivity index (χ1n) is 6.70. The molecule has 0 radical (unpaired) electrons. The molecular weight excluding hydrogens is 210 g/mol. The van der Waals surface area contributed by atoms with E-state index in [1.165, 1.54) is 24.8 Å². The molecule has 1 aliphatic rings. The summed E-state index contributed by atoms with van der Waals surface area (Å²) in [6.07, 6.45) is 3.96. The number of rotatable bonds is 4. The van der Waals surface area contributed by atoms with Crippen LogP contribution in [0.4, 0.5) is 5.69 Å². The fraction of sp³-hybridized carbons (Fsp3) is 0.600. The number of nitrogens with one attached hydrogen (secondary N) is 1. The Hall–Kier alpha value is -1.18. The highest BCUT2D eigenvalue weighted by molar-refractivity contribution is 5.58. The maximum Gasteiger partial charge on any atom is 0.142 e. The molecule has 0 amide bonds. The van der Waals surface area contributed by atoms with Crippen LogP contribution in [0.5, 0.6) is 5.75 Å². The van der Waals surface area contributed by atoms with E-state index in [0.29, 0.717) is 6.04 Å². The molecule has 2 heteroatoms. The van der Waals surface area contributed by atoms with E-state index in [9.17, 15) is 0 Å². The van der Waals surface area contributed by atoms with Crippen LogP contribution in [0.2, 0.25) is 0 Å². The lowest BCUT2D eigenvalue weighted by atomic mass is 10.1. The smallest absolute Gasteiger partial charge is 0.142 e. The minimum absolute atomic E-state index is 0.608. The summed E-state index contributed by atoms with van der Waals surface area (Å²) in [6.45, 7) is 7.19. The van der Waals surface area contributed by atoms with Crippen LogP contribution in [0.15, 0.2) is 18.2 Å². The van der Waals surface area contributed by atoms with Gasteiger partial charge in [-0.1, -0.05) is 19.4 Å². The van der Waals surface area contributed by atoms with Crippen LogP contribution in [0.1, 0.15) is 38.7 Å². The molecule has 2 rings (SSSR count). The lowest BCUT2D eigenvalue weighted by Crippen LogP contribution is -2.22. The van der Waals surface area contributed by atoms with E-state index < -0.39 is 0 Å². The summed E-state index contributed by atoms with van der Waals surface area (Å²) in [6, 6.07) is 7.01. The van der Waals surface area contributed by atoms with E-state index in [1.807, 2.05) is 6.92 Å². The Balaban J connectivity index is 2.13. The molecule has 1 aliphatic carbocycles. The zero-order chi connectivity index (χ0) is 12.3. The molecule has 1 saturated carbocycles. The monoisotopic (exact) mass is 233 g/mol. The molecule has 2 nitrogen and oxygen atoms in total. The molecule has 0 bridgehead atoms. The topological polar surface area (TPSA) is 21.3 Å². The lowest BCUT2D eigenvalue weighted by Gasteiger charge is -2.21. The van der Waals surface area contributed by atoms with E-state index in [-0.39, 0.29) is 0 Å². The van der Waals surface area contributed by atoms with Gasteiger partial charge in [0.2, 0.25) is 0 Å². The van der Waals surface area contributed by atoms with Crippen molar-refractivity contribution in [3.8, 4) is 5.75 Å². The molecule has 0 aromatic heterocycles. The molecule has 17 heavy (non-hydrogen) atoms. The maximum absolute atomic E-state index is 5.70. The molecular formula is C15H23NO. The number of aryl methyl sites for hydroxylation is 1. The van der Waals surface area contributed by atoms with E-state index in [0.717, 1.165) is 24.0 Å². The van der Waals surface area contributed by atoms with Crippen LogP contribution in [-0.4, -0.2) is 12.6 Å². The van der Waals surface area contributed by atoms with Gasteiger partial charge in [0.05, 0.1) is 12.3 Å². The highest BCUT2D eigenvalue weighted by Gasteiger charge is 2.23. The Morgan fingerprint density at radius 1 is 1.35 bits per heavy atom. The molecule has 1 fully saturated rings. The van der Waals surface area contributed by atoms with Crippen molar-refractivity contribution in [1.29, 1.82) is 0 Å². The third kappa shape index (κ3) is 2.93. The highest BCUT2D eigenvalue weighted by atomic mass is 16.5. The summed E-state index contributed by atoms with van der Waals surface area (Å²) < 4.78 is 5.70. The SMILES string of the molecule is CCOc1cc(C)ccc1NC1CCCC1C. The van der Waals surface area contributed by atoms with Crippen molar-refractivity contribution in [3.05, 3.63) is 23.8 Å².